The summed E-state index contributed by atoms with van der Waals surface area (Å²) in [5.41, 5.74) is 0. The molecule has 2 atom stereocenters. The minimum Gasteiger partial charge on any atom is -0.332 e. The molecule has 6 nitrogen and oxygen atoms in total. The minimum atomic E-state index is -0.315. The molecule has 0 aromatic rings. The fourth-order valence-corrected chi connectivity index (χ4v) is 3.60. The normalized spacial score (nSPS) is 31.2. The highest BCUT2D eigenvalue weighted by molar-refractivity contribution is 6.35. The van der Waals surface area contributed by atoms with E-state index in [0.29, 0.717) is 19.1 Å². The molecule has 0 aliphatic carbocycles. The minimum absolute atomic E-state index is 0.142. The summed E-state index contributed by atoms with van der Waals surface area (Å²) < 4.78 is 0. The number of nitrogens with zero attached hydrogens (tertiary/aromatic N) is 3. The zero-order valence-corrected chi connectivity index (χ0v) is 12.2. The summed E-state index contributed by atoms with van der Waals surface area (Å²) in [6, 6.07) is 0.606. The van der Waals surface area contributed by atoms with Gasteiger partial charge in [0.2, 0.25) is 0 Å². The van der Waals surface area contributed by atoms with Gasteiger partial charge in [-0.25, -0.2) is 0 Å². The van der Waals surface area contributed by atoms with Gasteiger partial charge < -0.3 is 15.1 Å². The smallest absolute Gasteiger partial charge is 0.312 e. The van der Waals surface area contributed by atoms with E-state index in [-0.39, 0.29) is 17.9 Å². The molecule has 112 valence electrons. The Balaban J connectivity index is 1.64. The average Bonchev–Trinajstić information content (AvgIpc) is 2.93. The molecule has 3 aliphatic heterocycles. The first-order valence-electron chi connectivity index (χ1n) is 7.71. The molecule has 0 radical (unpaired) electrons. The summed E-state index contributed by atoms with van der Waals surface area (Å²) in [6.07, 6.45) is 2.36. The van der Waals surface area contributed by atoms with Gasteiger partial charge in [-0.05, 0) is 26.3 Å². The molecule has 0 spiro atoms. The van der Waals surface area contributed by atoms with E-state index >= 15 is 0 Å². The molecule has 0 saturated carbocycles. The first-order chi connectivity index (χ1) is 9.66. The second-order valence-electron chi connectivity index (χ2n) is 6.14. The largest absolute Gasteiger partial charge is 0.332 e. The molecule has 0 bridgehead atoms. The molecule has 20 heavy (non-hydrogen) atoms. The molecule has 6 heteroatoms. The van der Waals surface area contributed by atoms with Crippen LogP contribution in [0.15, 0.2) is 0 Å². The number of amides is 2. The molecular formula is C14H24N4O2. The molecule has 0 aromatic heterocycles. The van der Waals surface area contributed by atoms with Gasteiger partial charge in [0.25, 0.3) is 0 Å². The quantitative estimate of drug-likeness (QED) is 0.585. The van der Waals surface area contributed by atoms with Crippen molar-refractivity contribution in [2.24, 2.45) is 0 Å². The van der Waals surface area contributed by atoms with E-state index in [1.807, 2.05) is 0 Å². The maximum absolute atomic E-state index is 12.5. The zero-order valence-electron chi connectivity index (χ0n) is 12.2. The lowest BCUT2D eigenvalue weighted by Gasteiger charge is -2.42. The summed E-state index contributed by atoms with van der Waals surface area (Å²) in [5.74, 6) is -0.615. The molecule has 3 heterocycles. The van der Waals surface area contributed by atoms with Crippen LogP contribution in [-0.2, 0) is 9.59 Å². The standard InChI is InChI=1S/C14H24N4O2/c1-11-9-17-6-2-3-12(17)10-18(11)14(20)13(19)16-7-4-15-5-8-16/h11-12,15H,2-10H2,1H3. The Kier molecular flexibility index (Phi) is 3.94. The number of piperazine rings is 2. The number of hydrogen-bond acceptors (Lipinski definition) is 4. The summed E-state index contributed by atoms with van der Waals surface area (Å²) >= 11 is 0. The molecule has 3 fully saturated rings. The van der Waals surface area contributed by atoms with E-state index in [4.69, 9.17) is 0 Å². The van der Waals surface area contributed by atoms with Gasteiger partial charge in [0.1, 0.15) is 0 Å². The second-order valence-corrected chi connectivity index (χ2v) is 6.14. The van der Waals surface area contributed by atoms with Gasteiger partial charge in [0.05, 0.1) is 0 Å². The average molecular weight is 280 g/mol. The van der Waals surface area contributed by atoms with Gasteiger partial charge in [-0.3, -0.25) is 14.5 Å². The van der Waals surface area contributed by atoms with Crippen LogP contribution in [0, 0.1) is 0 Å². The number of hydrogen-bond donors (Lipinski definition) is 1. The lowest BCUT2D eigenvalue weighted by Crippen LogP contribution is -2.60. The second kappa shape index (κ2) is 5.69. The topological polar surface area (TPSA) is 55.9 Å². The molecule has 2 amide bonds. The van der Waals surface area contributed by atoms with Crippen LogP contribution < -0.4 is 5.32 Å². The van der Waals surface area contributed by atoms with Crippen LogP contribution in [0.1, 0.15) is 19.8 Å². The maximum Gasteiger partial charge on any atom is 0.312 e. The van der Waals surface area contributed by atoms with Crippen molar-refractivity contribution in [1.29, 1.82) is 0 Å². The lowest BCUT2D eigenvalue weighted by atomic mass is 10.1. The Morgan fingerprint density at radius 3 is 2.55 bits per heavy atom. The molecule has 3 saturated heterocycles. The molecular weight excluding hydrogens is 256 g/mol. The predicted octanol–water partition coefficient (Wildman–Crippen LogP) is -0.887. The van der Waals surface area contributed by atoms with Gasteiger partial charge in [0, 0.05) is 51.4 Å². The van der Waals surface area contributed by atoms with E-state index in [1.165, 1.54) is 6.42 Å². The third-order valence-corrected chi connectivity index (χ3v) is 4.79. The summed E-state index contributed by atoms with van der Waals surface area (Å²) in [6.45, 7) is 7.67. The SMILES string of the molecule is CC1CN2CCCC2CN1C(=O)C(=O)N1CCNCC1. The van der Waals surface area contributed by atoms with E-state index in [1.54, 1.807) is 9.80 Å². The Bertz CT molecular complexity index is 395. The number of nitrogens with one attached hydrogen (secondary N) is 1. The van der Waals surface area contributed by atoms with Crippen LogP contribution >= 0.6 is 0 Å². The molecule has 0 aromatic carbocycles. The highest BCUT2D eigenvalue weighted by Crippen LogP contribution is 2.24. The van der Waals surface area contributed by atoms with Gasteiger partial charge >= 0.3 is 11.8 Å². The number of fused-ring (bicyclic) bond motifs is 1. The van der Waals surface area contributed by atoms with Gasteiger partial charge in [-0.15, -0.1) is 0 Å². The number of rotatable bonds is 0. The molecule has 2 unspecified atom stereocenters. The number of carbonyl (C=O) groups excluding carboxylic acids is 2. The highest BCUT2D eigenvalue weighted by atomic mass is 16.2. The summed E-state index contributed by atoms with van der Waals surface area (Å²) in [5, 5.41) is 3.20. The van der Waals surface area contributed by atoms with Crippen molar-refractivity contribution in [2.75, 3.05) is 45.8 Å². The van der Waals surface area contributed by atoms with Gasteiger partial charge in [0.15, 0.2) is 0 Å². The van der Waals surface area contributed by atoms with E-state index in [2.05, 4.69) is 17.1 Å². The Hall–Kier alpha value is -1.14. The molecule has 1 N–H and O–H groups in total. The Labute approximate surface area is 120 Å². The van der Waals surface area contributed by atoms with Crippen molar-refractivity contribution in [1.82, 2.24) is 20.0 Å². The van der Waals surface area contributed by atoms with Crippen LogP contribution in [0.2, 0.25) is 0 Å². The fourth-order valence-electron chi connectivity index (χ4n) is 3.60. The van der Waals surface area contributed by atoms with Crippen LogP contribution in [0.25, 0.3) is 0 Å². The van der Waals surface area contributed by atoms with Crippen molar-refractivity contribution in [3.05, 3.63) is 0 Å². The van der Waals surface area contributed by atoms with Crippen molar-refractivity contribution in [3.63, 3.8) is 0 Å². The van der Waals surface area contributed by atoms with Crippen molar-refractivity contribution in [3.8, 4) is 0 Å². The highest BCUT2D eigenvalue weighted by Gasteiger charge is 2.39. The van der Waals surface area contributed by atoms with E-state index in [9.17, 15) is 9.59 Å². The van der Waals surface area contributed by atoms with Crippen molar-refractivity contribution in [2.45, 2.75) is 31.8 Å². The number of carbonyl (C=O) groups is 2. The van der Waals surface area contributed by atoms with Gasteiger partial charge in [-0.1, -0.05) is 0 Å². The van der Waals surface area contributed by atoms with Crippen LogP contribution in [0.4, 0.5) is 0 Å². The first kappa shape index (κ1) is 13.8. The molecule has 3 aliphatic rings. The van der Waals surface area contributed by atoms with Crippen LogP contribution in [0.5, 0.6) is 0 Å². The lowest BCUT2D eigenvalue weighted by molar-refractivity contribution is -0.155. The monoisotopic (exact) mass is 280 g/mol. The van der Waals surface area contributed by atoms with Crippen molar-refractivity contribution < 1.29 is 9.59 Å². The predicted molar refractivity (Wildman–Crippen MR) is 75.2 cm³/mol. The third-order valence-electron chi connectivity index (χ3n) is 4.79. The first-order valence-corrected chi connectivity index (χ1v) is 7.71. The maximum atomic E-state index is 12.5. The zero-order chi connectivity index (χ0) is 14.1. The van der Waals surface area contributed by atoms with Crippen molar-refractivity contribution >= 4 is 11.8 Å². The van der Waals surface area contributed by atoms with Gasteiger partial charge in [-0.2, -0.15) is 0 Å². The van der Waals surface area contributed by atoms with E-state index < -0.39 is 0 Å². The summed E-state index contributed by atoms with van der Waals surface area (Å²) in [7, 11) is 0. The molecule has 3 rings (SSSR count). The fraction of sp³-hybridized carbons (Fsp3) is 0.857. The van der Waals surface area contributed by atoms with E-state index in [0.717, 1.165) is 39.1 Å². The third kappa shape index (κ3) is 2.54. The Morgan fingerprint density at radius 1 is 1.05 bits per heavy atom. The van der Waals surface area contributed by atoms with Crippen LogP contribution in [0.3, 0.4) is 0 Å². The summed E-state index contributed by atoms with van der Waals surface area (Å²) in [4.78, 5) is 30.8. The van der Waals surface area contributed by atoms with Crippen LogP contribution in [-0.4, -0.2) is 84.4 Å². The Morgan fingerprint density at radius 2 is 1.80 bits per heavy atom.